The Morgan fingerprint density at radius 2 is 1.56 bits per heavy atom. The highest BCUT2D eigenvalue weighted by atomic mass is 35.5. The summed E-state index contributed by atoms with van der Waals surface area (Å²) in [5, 5.41) is 0.432. The molecule has 2 rings (SSSR count). The van der Waals surface area contributed by atoms with Crippen LogP contribution in [-0.2, 0) is 0 Å². The maximum Gasteiger partial charge on any atom is 0.226 e. The van der Waals surface area contributed by atoms with Crippen LogP contribution in [0, 0.1) is 27.7 Å². The molecule has 94 valence electrons. The van der Waals surface area contributed by atoms with Crippen molar-refractivity contribution in [3.8, 4) is 11.6 Å². The standard InChI is InChI=1S/C14H15ClN2O/c1-8-5-9(2)7-12(6-8)18-14-10(3)13(15)16-11(4)17-14/h5-7H,1-4H3. The summed E-state index contributed by atoms with van der Waals surface area (Å²) in [5.74, 6) is 1.88. The van der Waals surface area contributed by atoms with E-state index in [1.54, 1.807) is 6.92 Å². The molecule has 1 heterocycles. The van der Waals surface area contributed by atoms with Gasteiger partial charge in [0.2, 0.25) is 5.88 Å². The van der Waals surface area contributed by atoms with Gasteiger partial charge >= 0.3 is 0 Å². The minimum Gasteiger partial charge on any atom is -0.439 e. The zero-order valence-corrected chi connectivity index (χ0v) is 11.7. The molecule has 0 fully saturated rings. The van der Waals surface area contributed by atoms with Gasteiger partial charge in [0.15, 0.2) is 0 Å². The molecule has 0 bridgehead atoms. The highest BCUT2D eigenvalue weighted by Crippen LogP contribution is 2.27. The molecule has 1 aromatic heterocycles. The molecule has 0 unspecified atom stereocenters. The molecule has 18 heavy (non-hydrogen) atoms. The molecule has 0 spiro atoms. The first-order chi connectivity index (χ1) is 8.45. The maximum absolute atomic E-state index is 6.02. The Labute approximate surface area is 112 Å². The van der Waals surface area contributed by atoms with Gasteiger partial charge in [0.1, 0.15) is 16.7 Å². The van der Waals surface area contributed by atoms with E-state index in [-0.39, 0.29) is 0 Å². The van der Waals surface area contributed by atoms with Crippen molar-refractivity contribution in [2.75, 3.05) is 0 Å². The Bertz CT molecular complexity index is 576. The second-order valence-electron chi connectivity index (χ2n) is 4.42. The molecule has 0 N–H and O–H groups in total. The fourth-order valence-electron chi connectivity index (χ4n) is 1.77. The predicted octanol–water partition coefficient (Wildman–Crippen LogP) is 4.16. The number of hydrogen-bond acceptors (Lipinski definition) is 3. The van der Waals surface area contributed by atoms with E-state index in [0.29, 0.717) is 16.9 Å². The normalized spacial score (nSPS) is 10.5. The quantitative estimate of drug-likeness (QED) is 0.763. The average molecular weight is 263 g/mol. The first kappa shape index (κ1) is 12.8. The predicted molar refractivity (Wildman–Crippen MR) is 72.5 cm³/mol. The largest absolute Gasteiger partial charge is 0.439 e. The van der Waals surface area contributed by atoms with Crippen LogP contribution in [0.25, 0.3) is 0 Å². The molecule has 0 aliphatic rings. The number of aryl methyl sites for hydroxylation is 3. The van der Waals surface area contributed by atoms with Gasteiger partial charge in [0, 0.05) is 5.56 Å². The maximum atomic E-state index is 6.02. The summed E-state index contributed by atoms with van der Waals surface area (Å²) < 4.78 is 5.80. The molecule has 0 amide bonds. The fourth-order valence-corrected chi connectivity index (χ4v) is 1.98. The monoisotopic (exact) mass is 262 g/mol. The summed E-state index contributed by atoms with van der Waals surface area (Å²) >= 11 is 6.02. The summed E-state index contributed by atoms with van der Waals surface area (Å²) in [6, 6.07) is 6.04. The molecule has 4 heteroatoms. The van der Waals surface area contributed by atoms with Crippen LogP contribution < -0.4 is 4.74 Å². The van der Waals surface area contributed by atoms with Crippen molar-refractivity contribution in [1.82, 2.24) is 9.97 Å². The highest BCUT2D eigenvalue weighted by Gasteiger charge is 2.10. The van der Waals surface area contributed by atoms with E-state index in [1.165, 1.54) is 0 Å². The molecular weight excluding hydrogens is 248 g/mol. The fraction of sp³-hybridized carbons (Fsp3) is 0.286. The Morgan fingerprint density at radius 3 is 2.17 bits per heavy atom. The van der Waals surface area contributed by atoms with Crippen LogP contribution in [0.15, 0.2) is 18.2 Å². The van der Waals surface area contributed by atoms with Gasteiger partial charge in [0.05, 0.1) is 0 Å². The average Bonchev–Trinajstić information content (AvgIpc) is 2.23. The SMILES string of the molecule is Cc1cc(C)cc(Oc2nc(C)nc(Cl)c2C)c1. The highest BCUT2D eigenvalue weighted by molar-refractivity contribution is 6.30. The van der Waals surface area contributed by atoms with E-state index in [0.717, 1.165) is 22.4 Å². The number of halogens is 1. The molecule has 2 aromatic rings. The third-order valence-electron chi connectivity index (χ3n) is 2.56. The summed E-state index contributed by atoms with van der Waals surface area (Å²) in [7, 11) is 0. The topological polar surface area (TPSA) is 35.0 Å². The molecule has 0 aliphatic heterocycles. The molecule has 0 aliphatic carbocycles. The van der Waals surface area contributed by atoms with Gasteiger partial charge in [-0.1, -0.05) is 17.7 Å². The number of ether oxygens (including phenoxy) is 1. The van der Waals surface area contributed by atoms with Gasteiger partial charge < -0.3 is 4.74 Å². The third-order valence-corrected chi connectivity index (χ3v) is 2.93. The van der Waals surface area contributed by atoms with Crippen LogP contribution in [0.3, 0.4) is 0 Å². The van der Waals surface area contributed by atoms with Crippen molar-refractivity contribution >= 4 is 11.6 Å². The van der Waals surface area contributed by atoms with E-state index in [2.05, 4.69) is 16.0 Å². The zero-order valence-electron chi connectivity index (χ0n) is 10.9. The smallest absolute Gasteiger partial charge is 0.226 e. The molecule has 3 nitrogen and oxygen atoms in total. The van der Waals surface area contributed by atoms with Crippen molar-refractivity contribution in [3.05, 3.63) is 45.9 Å². The van der Waals surface area contributed by atoms with Crippen molar-refractivity contribution in [2.45, 2.75) is 27.7 Å². The third kappa shape index (κ3) is 2.79. The molecule has 1 aromatic carbocycles. The Kier molecular flexibility index (Phi) is 3.53. The van der Waals surface area contributed by atoms with Gasteiger partial charge in [-0.2, -0.15) is 4.98 Å². The van der Waals surface area contributed by atoms with Gasteiger partial charge in [-0.3, -0.25) is 0 Å². The number of aromatic nitrogens is 2. The molecular formula is C14H15ClN2O. The van der Waals surface area contributed by atoms with Gasteiger partial charge in [-0.05, 0) is 51.0 Å². The lowest BCUT2D eigenvalue weighted by molar-refractivity contribution is 0.455. The molecule has 0 saturated heterocycles. The first-order valence-electron chi connectivity index (χ1n) is 5.72. The van der Waals surface area contributed by atoms with Gasteiger partial charge in [-0.25, -0.2) is 4.98 Å². The van der Waals surface area contributed by atoms with Crippen molar-refractivity contribution < 1.29 is 4.74 Å². The molecule has 0 saturated carbocycles. The minimum atomic E-state index is 0.432. The van der Waals surface area contributed by atoms with E-state index < -0.39 is 0 Å². The lowest BCUT2D eigenvalue weighted by Crippen LogP contribution is -1.98. The Morgan fingerprint density at radius 1 is 0.944 bits per heavy atom. The summed E-state index contributed by atoms with van der Waals surface area (Å²) in [4.78, 5) is 8.36. The van der Waals surface area contributed by atoms with E-state index in [4.69, 9.17) is 16.3 Å². The molecule has 0 atom stereocenters. The lowest BCUT2D eigenvalue weighted by atomic mass is 10.1. The van der Waals surface area contributed by atoms with Crippen LogP contribution >= 0.6 is 11.6 Å². The van der Waals surface area contributed by atoms with Crippen molar-refractivity contribution in [3.63, 3.8) is 0 Å². The first-order valence-corrected chi connectivity index (χ1v) is 6.10. The minimum absolute atomic E-state index is 0.432. The summed E-state index contributed by atoms with van der Waals surface area (Å²) in [6.07, 6.45) is 0. The van der Waals surface area contributed by atoms with Crippen LogP contribution in [0.5, 0.6) is 11.6 Å². The van der Waals surface area contributed by atoms with Crippen molar-refractivity contribution in [2.24, 2.45) is 0 Å². The Hall–Kier alpha value is -1.61. The Balaban J connectivity index is 2.39. The van der Waals surface area contributed by atoms with Crippen LogP contribution in [0.4, 0.5) is 0 Å². The lowest BCUT2D eigenvalue weighted by Gasteiger charge is -2.10. The van der Waals surface area contributed by atoms with E-state index in [9.17, 15) is 0 Å². The number of hydrogen-bond donors (Lipinski definition) is 0. The van der Waals surface area contributed by atoms with Gasteiger partial charge in [0.25, 0.3) is 0 Å². The van der Waals surface area contributed by atoms with Crippen LogP contribution in [-0.4, -0.2) is 9.97 Å². The van der Waals surface area contributed by atoms with Crippen LogP contribution in [0.2, 0.25) is 5.15 Å². The number of benzene rings is 1. The van der Waals surface area contributed by atoms with E-state index >= 15 is 0 Å². The second-order valence-corrected chi connectivity index (χ2v) is 4.78. The summed E-state index contributed by atoms with van der Waals surface area (Å²) in [6.45, 7) is 7.70. The summed E-state index contributed by atoms with van der Waals surface area (Å²) in [5.41, 5.74) is 3.06. The van der Waals surface area contributed by atoms with Crippen molar-refractivity contribution in [1.29, 1.82) is 0 Å². The zero-order chi connectivity index (χ0) is 13.3. The van der Waals surface area contributed by atoms with E-state index in [1.807, 2.05) is 32.9 Å². The number of rotatable bonds is 2. The number of nitrogens with zero attached hydrogens (tertiary/aromatic N) is 2. The van der Waals surface area contributed by atoms with Gasteiger partial charge in [-0.15, -0.1) is 0 Å². The molecule has 0 radical (unpaired) electrons. The van der Waals surface area contributed by atoms with Crippen LogP contribution in [0.1, 0.15) is 22.5 Å². The second kappa shape index (κ2) is 4.94.